The summed E-state index contributed by atoms with van der Waals surface area (Å²) in [7, 11) is 0. The first-order chi connectivity index (χ1) is 11.7. The normalized spacial score (nSPS) is 12.0. The van der Waals surface area contributed by atoms with Crippen LogP contribution in [0.15, 0.2) is 49.2 Å². The highest BCUT2D eigenvalue weighted by Crippen LogP contribution is 2.02. The topological polar surface area (TPSA) is 90.5 Å². The molecule has 0 aliphatic heterocycles. The highest BCUT2D eigenvalue weighted by Gasteiger charge is 2.14. The van der Waals surface area contributed by atoms with Crippen molar-refractivity contribution in [1.82, 2.24) is 35.1 Å². The predicted molar refractivity (Wildman–Crippen MR) is 87.1 cm³/mol. The fourth-order valence-corrected chi connectivity index (χ4v) is 2.35. The Morgan fingerprint density at radius 1 is 1.25 bits per heavy atom. The summed E-state index contributed by atoms with van der Waals surface area (Å²) in [5.41, 5.74) is 1.54. The molecule has 2 heterocycles. The Kier molecular flexibility index (Phi) is 4.95. The van der Waals surface area contributed by atoms with Crippen molar-refractivity contribution >= 4 is 5.91 Å². The summed E-state index contributed by atoms with van der Waals surface area (Å²) in [6.07, 6.45) is 5.59. The van der Waals surface area contributed by atoms with Crippen LogP contribution in [0.2, 0.25) is 0 Å². The van der Waals surface area contributed by atoms with Gasteiger partial charge in [0.2, 0.25) is 0 Å². The fraction of sp³-hybridized carbons (Fsp3) is 0.312. The zero-order valence-electron chi connectivity index (χ0n) is 13.4. The summed E-state index contributed by atoms with van der Waals surface area (Å²) in [4.78, 5) is 16.1. The molecule has 8 heteroatoms. The van der Waals surface area contributed by atoms with Gasteiger partial charge in [-0.25, -0.2) is 4.98 Å². The number of benzene rings is 1. The molecule has 124 valence electrons. The molecule has 1 atom stereocenters. The Bertz CT molecular complexity index is 767. The van der Waals surface area contributed by atoms with Gasteiger partial charge in [-0.1, -0.05) is 35.5 Å². The Balaban J connectivity index is 1.51. The van der Waals surface area contributed by atoms with Crippen LogP contribution in [-0.2, 0) is 19.5 Å². The second kappa shape index (κ2) is 7.49. The largest absolute Gasteiger partial charge is 0.346 e. The zero-order chi connectivity index (χ0) is 16.8. The molecular weight excluding hydrogens is 306 g/mol. The van der Waals surface area contributed by atoms with E-state index in [9.17, 15) is 4.79 Å². The van der Waals surface area contributed by atoms with Gasteiger partial charge in [-0.15, -0.1) is 5.10 Å². The molecule has 1 amide bonds. The fourth-order valence-electron chi connectivity index (χ4n) is 2.35. The molecule has 3 aromatic rings. The van der Waals surface area contributed by atoms with Gasteiger partial charge in [0, 0.05) is 12.6 Å². The standard InChI is InChI=1S/C16H19N7O/c1-13(9-23-12-17-11-18-23)19-16(24)15-10-22(21-20-15)8-7-14-5-3-2-4-6-14/h2-6,10-13H,7-9H2,1H3,(H,19,24)/t13-/m0/s1. The van der Waals surface area contributed by atoms with E-state index in [0.717, 1.165) is 6.42 Å². The van der Waals surface area contributed by atoms with E-state index in [-0.39, 0.29) is 11.9 Å². The van der Waals surface area contributed by atoms with Gasteiger partial charge in [0.1, 0.15) is 12.7 Å². The lowest BCUT2D eigenvalue weighted by Crippen LogP contribution is -2.36. The van der Waals surface area contributed by atoms with Crippen molar-refractivity contribution in [2.75, 3.05) is 0 Å². The van der Waals surface area contributed by atoms with Crippen molar-refractivity contribution in [1.29, 1.82) is 0 Å². The van der Waals surface area contributed by atoms with Crippen LogP contribution < -0.4 is 5.32 Å². The minimum Gasteiger partial charge on any atom is -0.346 e. The number of aryl methyl sites for hydroxylation is 2. The first kappa shape index (κ1) is 15.9. The van der Waals surface area contributed by atoms with Crippen LogP contribution >= 0.6 is 0 Å². The van der Waals surface area contributed by atoms with Crippen molar-refractivity contribution in [2.24, 2.45) is 0 Å². The Labute approximate surface area is 139 Å². The molecular formula is C16H19N7O. The van der Waals surface area contributed by atoms with Gasteiger partial charge in [-0.05, 0) is 18.9 Å². The summed E-state index contributed by atoms with van der Waals surface area (Å²) >= 11 is 0. The van der Waals surface area contributed by atoms with Crippen LogP contribution in [0.25, 0.3) is 0 Å². The van der Waals surface area contributed by atoms with E-state index in [1.165, 1.54) is 11.9 Å². The van der Waals surface area contributed by atoms with Crippen LogP contribution in [0.3, 0.4) is 0 Å². The number of carbonyl (C=O) groups excluding carboxylic acids is 1. The molecule has 8 nitrogen and oxygen atoms in total. The number of aromatic nitrogens is 6. The van der Waals surface area contributed by atoms with Gasteiger partial charge in [0.25, 0.3) is 5.91 Å². The summed E-state index contributed by atoms with van der Waals surface area (Å²) in [6, 6.07) is 10.0. The van der Waals surface area contributed by atoms with Gasteiger partial charge >= 0.3 is 0 Å². The summed E-state index contributed by atoms with van der Waals surface area (Å²) in [6.45, 7) is 3.13. The first-order valence-corrected chi connectivity index (χ1v) is 7.78. The number of rotatable bonds is 7. The molecule has 0 aliphatic rings. The Hall–Kier alpha value is -3.03. The third kappa shape index (κ3) is 4.25. The van der Waals surface area contributed by atoms with Gasteiger partial charge in [-0.3, -0.25) is 14.2 Å². The molecule has 0 saturated heterocycles. The average Bonchev–Trinajstić information content (AvgIpc) is 3.25. The molecule has 0 bridgehead atoms. The molecule has 0 saturated carbocycles. The molecule has 0 unspecified atom stereocenters. The summed E-state index contributed by atoms with van der Waals surface area (Å²) < 4.78 is 3.35. The minimum absolute atomic E-state index is 0.0892. The third-order valence-corrected chi connectivity index (χ3v) is 3.55. The van der Waals surface area contributed by atoms with Crippen molar-refractivity contribution in [2.45, 2.75) is 32.5 Å². The lowest BCUT2D eigenvalue weighted by molar-refractivity contribution is 0.0931. The van der Waals surface area contributed by atoms with Crippen molar-refractivity contribution < 1.29 is 4.79 Å². The van der Waals surface area contributed by atoms with Gasteiger partial charge in [0.05, 0.1) is 12.7 Å². The molecule has 3 rings (SSSR count). The quantitative estimate of drug-likeness (QED) is 0.698. The predicted octanol–water partition coefficient (Wildman–Crippen LogP) is 0.931. The Morgan fingerprint density at radius 3 is 2.83 bits per heavy atom. The lowest BCUT2D eigenvalue weighted by Gasteiger charge is -2.12. The van der Waals surface area contributed by atoms with Gasteiger partial charge in [-0.2, -0.15) is 5.10 Å². The molecule has 1 N–H and O–H groups in total. The van der Waals surface area contributed by atoms with Crippen molar-refractivity contribution in [3.63, 3.8) is 0 Å². The number of nitrogens with zero attached hydrogens (tertiary/aromatic N) is 6. The lowest BCUT2D eigenvalue weighted by atomic mass is 10.1. The van der Waals surface area contributed by atoms with E-state index < -0.39 is 0 Å². The number of amides is 1. The number of nitrogens with one attached hydrogen (secondary N) is 1. The van der Waals surface area contributed by atoms with Crippen LogP contribution in [0.1, 0.15) is 23.0 Å². The molecule has 2 aromatic heterocycles. The van der Waals surface area contributed by atoms with Gasteiger partial charge < -0.3 is 5.32 Å². The molecule has 0 radical (unpaired) electrons. The smallest absolute Gasteiger partial charge is 0.273 e. The monoisotopic (exact) mass is 325 g/mol. The van der Waals surface area contributed by atoms with Crippen LogP contribution in [0.5, 0.6) is 0 Å². The number of carbonyl (C=O) groups is 1. The molecule has 1 aromatic carbocycles. The molecule has 0 fully saturated rings. The maximum absolute atomic E-state index is 12.2. The maximum atomic E-state index is 12.2. The number of hydrogen-bond donors (Lipinski definition) is 1. The van der Waals surface area contributed by atoms with Crippen LogP contribution in [0.4, 0.5) is 0 Å². The summed E-state index contributed by atoms with van der Waals surface area (Å²) in [5.74, 6) is -0.242. The maximum Gasteiger partial charge on any atom is 0.273 e. The zero-order valence-corrected chi connectivity index (χ0v) is 13.4. The Morgan fingerprint density at radius 2 is 2.08 bits per heavy atom. The first-order valence-electron chi connectivity index (χ1n) is 7.78. The second-order valence-electron chi connectivity index (χ2n) is 5.59. The van der Waals surface area contributed by atoms with E-state index >= 15 is 0 Å². The van der Waals surface area contributed by atoms with E-state index in [1.807, 2.05) is 25.1 Å². The van der Waals surface area contributed by atoms with E-state index in [1.54, 1.807) is 21.9 Å². The highest BCUT2D eigenvalue weighted by molar-refractivity contribution is 5.92. The summed E-state index contributed by atoms with van der Waals surface area (Å²) in [5, 5.41) is 14.9. The second-order valence-corrected chi connectivity index (χ2v) is 5.59. The highest BCUT2D eigenvalue weighted by atomic mass is 16.2. The molecule has 0 aliphatic carbocycles. The van der Waals surface area contributed by atoms with Gasteiger partial charge in [0.15, 0.2) is 5.69 Å². The number of hydrogen-bond acceptors (Lipinski definition) is 5. The van der Waals surface area contributed by atoms with E-state index in [2.05, 4.69) is 37.8 Å². The molecule has 0 spiro atoms. The van der Waals surface area contributed by atoms with Crippen molar-refractivity contribution in [3.8, 4) is 0 Å². The van der Waals surface area contributed by atoms with E-state index in [0.29, 0.717) is 18.8 Å². The minimum atomic E-state index is -0.242. The van der Waals surface area contributed by atoms with Crippen LogP contribution in [0, 0.1) is 0 Å². The third-order valence-electron chi connectivity index (χ3n) is 3.55. The SMILES string of the molecule is C[C@@H](Cn1cncn1)NC(=O)c1cn(CCc2ccccc2)nn1. The van der Waals surface area contributed by atoms with Crippen LogP contribution in [-0.4, -0.2) is 41.7 Å². The molecule has 24 heavy (non-hydrogen) atoms. The average molecular weight is 325 g/mol. The van der Waals surface area contributed by atoms with E-state index in [4.69, 9.17) is 0 Å². The van der Waals surface area contributed by atoms with Crippen molar-refractivity contribution in [3.05, 3.63) is 60.4 Å².